The quantitative estimate of drug-likeness (QED) is 0.148. The monoisotopic (exact) mass is 903 g/mol. The van der Waals surface area contributed by atoms with Gasteiger partial charge in [0.15, 0.2) is 0 Å². The highest BCUT2D eigenvalue weighted by Gasteiger charge is 2.19. The molecule has 0 spiro atoms. The van der Waals surface area contributed by atoms with Crippen LogP contribution in [-0.2, 0) is 0 Å². The fourth-order valence-electron chi connectivity index (χ4n) is 11.2. The van der Waals surface area contributed by atoms with Crippen molar-refractivity contribution < 1.29 is 0 Å². The molecule has 0 fully saturated rings. The summed E-state index contributed by atoms with van der Waals surface area (Å²) in [5.41, 5.74) is 17.6. The van der Waals surface area contributed by atoms with Gasteiger partial charge in [-0.3, -0.25) is 0 Å². The summed E-state index contributed by atoms with van der Waals surface area (Å²) in [7, 11) is 0. The van der Waals surface area contributed by atoms with Gasteiger partial charge in [-0.2, -0.15) is 0 Å². The minimum atomic E-state index is 1.08. The second-order valence-corrected chi connectivity index (χ2v) is 18.5. The summed E-state index contributed by atoms with van der Waals surface area (Å²) in [6, 6.07) is 99.7. The van der Waals surface area contributed by atoms with Gasteiger partial charge in [0.05, 0.1) is 22.1 Å². The molecule has 0 unspecified atom stereocenters. The molecule has 0 radical (unpaired) electrons. The molecule has 0 saturated heterocycles. The zero-order chi connectivity index (χ0) is 46.8. The summed E-state index contributed by atoms with van der Waals surface area (Å²) in [4.78, 5) is 2.35. The summed E-state index contributed by atoms with van der Waals surface area (Å²) >= 11 is 0. The Kier molecular flexibility index (Phi) is 9.53. The number of hydrogen-bond donors (Lipinski definition) is 0. The summed E-state index contributed by atoms with van der Waals surface area (Å²) in [6.45, 7) is 0. The van der Waals surface area contributed by atoms with Crippen LogP contribution in [0.5, 0.6) is 0 Å². The molecule has 3 heteroatoms. The predicted octanol–water partition coefficient (Wildman–Crippen LogP) is 18.7. The second-order valence-electron chi connectivity index (χ2n) is 18.5. The molecule has 2 aromatic heterocycles. The minimum absolute atomic E-state index is 1.08. The largest absolute Gasteiger partial charge is 0.311 e. The molecule has 0 saturated carbocycles. The maximum Gasteiger partial charge on any atom is 0.0541 e. The minimum Gasteiger partial charge on any atom is -0.311 e. The Balaban J connectivity index is 0.865. The molecule has 14 rings (SSSR count). The van der Waals surface area contributed by atoms with Crippen LogP contribution in [0.2, 0.25) is 0 Å². The summed E-state index contributed by atoms with van der Waals surface area (Å²) in [5, 5.41) is 9.95. The summed E-state index contributed by atoms with van der Waals surface area (Å²) < 4.78 is 4.80. The van der Waals surface area contributed by atoms with Gasteiger partial charge in [-0.25, -0.2) is 0 Å². The highest BCUT2D eigenvalue weighted by Crippen LogP contribution is 2.42. The molecule has 2 heterocycles. The van der Waals surface area contributed by atoms with Crippen LogP contribution in [0.3, 0.4) is 0 Å². The first-order valence-corrected chi connectivity index (χ1v) is 24.4. The van der Waals surface area contributed by atoms with Crippen molar-refractivity contribution in [2.75, 3.05) is 4.90 Å². The zero-order valence-corrected chi connectivity index (χ0v) is 38.8. The first kappa shape index (κ1) is 40.6. The van der Waals surface area contributed by atoms with Crippen molar-refractivity contribution in [1.29, 1.82) is 0 Å². The van der Waals surface area contributed by atoms with Gasteiger partial charge in [-0.1, -0.05) is 170 Å². The Labute approximate surface area is 412 Å². The van der Waals surface area contributed by atoms with E-state index >= 15 is 0 Å². The van der Waals surface area contributed by atoms with Gasteiger partial charge in [-0.05, 0) is 158 Å². The lowest BCUT2D eigenvalue weighted by atomic mass is 9.95. The van der Waals surface area contributed by atoms with E-state index in [4.69, 9.17) is 0 Å². The van der Waals surface area contributed by atoms with Crippen molar-refractivity contribution in [1.82, 2.24) is 9.13 Å². The lowest BCUT2D eigenvalue weighted by molar-refractivity contribution is 1.17. The lowest BCUT2D eigenvalue weighted by Crippen LogP contribution is -2.10. The lowest BCUT2D eigenvalue weighted by Gasteiger charge is -2.26. The van der Waals surface area contributed by atoms with Crippen LogP contribution in [0, 0.1) is 0 Å². The van der Waals surface area contributed by atoms with Crippen LogP contribution in [0.25, 0.3) is 110 Å². The standard InChI is InChI=1S/C68H45N3/c1-3-19-52(20-4-1)69(54-34-29-46(30-35-54)49-31-40-66-62(43-49)61-25-11-12-28-65(61)70(66)53-21-5-2-6-22-53)55-36-38-56(39-37-55)71-67-41-32-50(59-26-13-17-47-15-7-9-23-57(47)59)44-63(67)64-45-51(33-42-68(64)71)60-27-14-18-48-16-8-10-24-58(48)60/h1-45H. The molecule has 0 aliphatic carbocycles. The predicted molar refractivity (Wildman–Crippen MR) is 301 cm³/mol. The van der Waals surface area contributed by atoms with E-state index in [1.807, 2.05) is 0 Å². The number of aromatic nitrogens is 2. The first-order chi connectivity index (χ1) is 35.2. The third-order valence-corrected chi connectivity index (χ3v) is 14.5. The maximum absolute atomic E-state index is 2.43. The Morgan fingerprint density at radius 1 is 0.225 bits per heavy atom. The van der Waals surface area contributed by atoms with E-state index in [1.165, 1.54) is 98.5 Å². The number of nitrogens with zero attached hydrogens (tertiary/aromatic N) is 3. The van der Waals surface area contributed by atoms with Crippen LogP contribution < -0.4 is 4.90 Å². The van der Waals surface area contributed by atoms with Gasteiger partial charge in [0.2, 0.25) is 0 Å². The van der Waals surface area contributed by atoms with Crippen molar-refractivity contribution in [2.45, 2.75) is 0 Å². The molecule has 0 amide bonds. The highest BCUT2D eigenvalue weighted by molar-refractivity contribution is 6.14. The normalized spacial score (nSPS) is 11.7. The maximum atomic E-state index is 2.43. The van der Waals surface area contributed by atoms with Gasteiger partial charge in [0.25, 0.3) is 0 Å². The second kappa shape index (κ2) is 16.7. The molecule has 12 aromatic carbocycles. The smallest absolute Gasteiger partial charge is 0.0541 e. The SMILES string of the molecule is c1ccc(N(c2ccc(-c3ccc4c(c3)c3ccccc3n4-c3ccccc3)cc2)c2ccc(-n3c4ccc(-c5cccc6ccccc56)cc4c4cc(-c5cccc6ccccc56)ccc43)cc2)cc1. The Morgan fingerprint density at radius 3 is 1.18 bits per heavy atom. The summed E-state index contributed by atoms with van der Waals surface area (Å²) in [5.74, 6) is 0. The van der Waals surface area contributed by atoms with Gasteiger partial charge >= 0.3 is 0 Å². The molecule has 3 nitrogen and oxygen atoms in total. The molecular formula is C68H45N3. The Hall–Kier alpha value is -9.44. The van der Waals surface area contributed by atoms with Crippen molar-refractivity contribution >= 4 is 82.2 Å². The van der Waals surface area contributed by atoms with Gasteiger partial charge in [0, 0.05) is 50.0 Å². The number of rotatable bonds is 8. The van der Waals surface area contributed by atoms with Crippen molar-refractivity contribution in [3.8, 4) is 44.8 Å². The number of anilines is 3. The molecule has 14 aromatic rings. The molecule has 71 heavy (non-hydrogen) atoms. The number of benzene rings is 12. The molecule has 0 atom stereocenters. The van der Waals surface area contributed by atoms with E-state index in [9.17, 15) is 0 Å². The van der Waals surface area contributed by atoms with Crippen LogP contribution in [-0.4, -0.2) is 9.13 Å². The fourth-order valence-corrected chi connectivity index (χ4v) is 11.2. The van der Waals surface area contributed by atoms with Crippen molar-refractivity contribution in [3.05, 3.63) is 273 Å². The first-order valence-electron chi connectivity index (χ1n) is 24.4. The van der Waals surface area contributed by atoms with E-state index in [0.29, 0.717) is 0 Å². The highest BCUT2D eigenvalue weighted by atomic mass is 15.1. The van der Waals surface area contributed by atoms with E-state index in [0.717, 1.165) is 28.4 Å². The Morgan fingerprint density at radius 2 is 0.606 bits per heavy atom. The van der Waals surface area contributed by atoms with Gasteiger partial charge < -0.3 is 14.0 Å². The topological polar surface area (TPSA) is 13.1 Å². The zero-order valence-electron chi connectivity index (χ0n) is 38.8. The van der Waals surface area contributed by atoms with Gasteiger partial charge in [-0.15, -0.1) is 0 Å². The third kappa shape index (κ3) is 6.82. The number of fused-ring (bicyclic) bond motifs is 8. The average Bonchev–Trinajstić information content (AvgIpc) is 3.95. The van der Waals surface area contributed by atoms with Crippen molar-refractivity contribution in [2.24, 2.45) is 0 Å². The van der Waals surface area contributed by atoms with E-state index in [-0.39, 0.29) is 0 Å². The molecule has 0 bridgehead atoms. The number of hydrogen-bond acceptors (Lipinski definition) is 1. The van der Waals surface area contributed by atoms with Crippen LogP contribution in [0.4, 0.5) is 17.1 Å². The number of para-hydroxylation sites is 3. The van der Waals surface area contributed by atoms with Crippen LogP contribution in [0.1, 0.15) is 0 Å². The summed E-state index contributed by atoms with van der Waals surface area (Å²) in [6.07, 6.45) is 0. The molecule has 0 N–H and O–H groups in total. The van der Waals surface area contributed by atoms with E-state index in [1.54, 1.807) is 0 Å². The van der Waals surface area contributed by atoms with Crippen molar-refractivity contribution in [3.63, 3.8) is 0 Å². The molecular weight excluding hydrogens is 859 g/mol. The van der Waals surface area contributed by atoms with E-state index in [2.05, 4.69) is 287 Å². The fraction of sp³-hybridized carbons (Fsp3) is 0. The Bertz CT molecular complexity index is 4170. The van der Waals surface area contributed by atoms with Gasteiger partial charge in [0.1, 0.15) is 0 Å². The molecule has 332 valence electrons. The van der Waals surface area contributed by atoms with Crippen LogP contribution in [0.15, 0.2) is 273 Å². The molecule has 0 aliphatic heterocycles. The molecule has 0 aliphatic rings. The average molecular weight is 904 g/mol. The third-order valence-electron chi connectivity index (χ3n) is 14.5. The van der Waals surface area contributed by atoms with E-state index < -0.39 is 0 Å². The van der Waals surface area contributed by atoms with Crippen LogP contribution >= 0.6 is 0 Å².